The van der Waals surface area contributed by atoms with Crippen molar-refractivity contribution in [3.8, 4) is 0 Å². The second-order valence-corrected chi connectivity index (χ2v) is 23.5. The van der Waals surface area contributed by atoms with E-state index >= 15 is 0 Å². The topological polar surface area (TPSA) is 112 Å². The van der Waals surface area contributed by atoms with Gasteiger partial charge >= 0.3 is 23.9 Å². The molecule has 1 rings (SSSR count). The van der Waals surface area contributed by atoms with Crippen LogP contribution in [0.15, 0.2) is 0 Å². The van der Waals surface area contributed by atoms with Crippen molar-refractivity contribution in [3.05, 3.63) is 0 Å². The van der Waals surface area contributed by atoms with Crippen LogP contribution >= 0.6 is 0 Å². The van der Waals surface area contributed by atoms with E-state index in [0.29, 0.717) is 39.1 Å². The van der Waals surface area contributed by atoms with E-state index in [1.165, 1.54) is 116 Å². The monoisotopic (exact) mass is 1000 g/mol. The van der Waals surface area contributed by atoms with Gasteiger partial charge in [0.1, 0.15) is 18.2 Å². The minimum atomic E-state index is -0.527. The highest BCUT2D eigenvalue weighted by Crippen LogP contribution is 2.30. The maximum absolute atomic E-state index is 13.6. The molecule has 0 radical (unpaired) electrons. The van der Waals surface area contributed by atoms with E-state index in [1.807, 2.05) is 46.7 Å². The highest BCUT2D eigenvalue weighted by atomic mass is 16.6. The quantitative estimate of drug-likeness (QED) is 0.0332. The third-order valence-electron chi connectivity index (χ3n) is 15.2. The molecule has 0 bridgehead atoms. The highest BCUT2D eigenvalue weighted by molar-refractivity contribution is 5.77. The number of hydrogen-bond acceptors (Lipinski definition) is 10. The molecule has 1 aliphatic heterocycles. The number of hydrogen-bond donors (Lipinski definition) is 0. The molecule has 2 atom stereocenters. The molecule has 10 nitrogen and oxygen atoms in total. The van der Waals surface area contributed by atoms with Crippen molar-refractivity contribution in [2.75, 3.05) is 46.9 Å². The summed E-state index contributed by atoms with van der Waals surface area (Å²) in [6, 6.07) is -0.434. The molecule has 1 saturated heterocycles. The first-order valence-electron chi connectivity index (χ1n) is 30.2. The lowest BCUT2D eigenvalue weighted by Gasteiger charge is -2.27. The molecule has 71 heavy (non-hydrogen) atoms. The molecule has 0 aromatic heterocycles. The average molecular weight is 1010 g/mol. The molecule has 1 aliphatic rings. The van der Waals surface area contributed by atoms with E-state index in [-0.39, 0.29) is 36.1 Å². The van der Waals surface area contributed by atoms with E-state index in [0.717, 1.165) is 115 Å². The zero-order valence-electron chi connectivity index (χ0n) is 48.5. The Morgan fingerprint density at radius 1 is 0.535 bits per heavy atom. The zero-order valence-corrected chi connectivity index (χ0v) is 48.5. The van der Waals surface area contributed by atoms with Gasteiger partial charge in [0.05, 0.1) is 30.5 Å². The van der Waals surface area contributed by atoms with Crippen LogP contribution in [-0.4, -0.2) is 98.9 Å². The normalized spacial score (nSPS) is 15.6. The van der Waals surface area contributed by atoms with Gasteiger partial charge in [0, 0.05) is 19.5 Å². The van der Waals surface area contributed by atoms with Crippen LogP contribution in [0, 0.1) is 16.7 Å². The Labute approximate surface area is 438 Å². The lowest BCUT2D eigenvalue weighted by molar-refractivity contribution is -0.161. The lowest BCUT2D eigenvalue weighted by atomic mass is 9.86. The van der Waals surface area contributed by atoms with Crippen molar-refractivity contribution in [1.29, 1.82) is 0 Å². The Morgan fingerprint density at radius 3 is 1.55 bits per heavy atom. The van der Waals surface area contributed by atoms with Crippen LogP contribution in [0.4, 0.5) is 0 Å². The maximum atomic E-state index is 13.6. The number of carbonyl (C=O) groups excluding carboxylic acids is 4. The number of nitrogens with zero attached hydrogens (tertiary/aromatic N) is 2. The minimum Gasteiger partial charge on any atom is -0.465 e. The van der Waals surface area contributed by atoms with Gasteiger partial charge in [0.15, 0.2) is 0 Å². The number of unbranched alkanes of at least 4 members (excludes halogenated alkanes) is 20. The Morgan fingerprint density at radius 2 is 0.986 bits per heavy atom. The van der Waals surface area contributed by atoms with Gasteiger partial charge in [-0.1, -0.05) is 182 Å². The van der Waals surface area contributed by atoms with Crippen LogP contribution in [0.2, 0.25) is 0 Å². The summed E-state index contributed by atoms with van der Waals surface area (Å²) in [5.41, 5.74) is -1.04. The molecular weight excluding hydrogens is 889 g/mol. The molecule has 10 heteroatoms. The standard InChI is InChI=1S/C61H116N2O8/c1-11-15-19-21-23-31-41-53(42-32-24-22-20-16-12-2)71-59(67)61(7,8)45-34-26-28-36-48-68-57(65)55-50-54(70-56(64)43-47-62(9)10)51-63(55)46-35-27-25-33-44-60(5,6)58(66)69-49-37-40-52(38-29-17-13-3)39-30-18-14-4/h52-55H,11-51H2,1-10H3/t54-,55+/m1/s1. The number of likely N-dealkylation sites (tertiary alicyclic amines) is 1. The Hall–Kier alpha value is -2.20. The summed E-state index contributed by atoms with van der Waals surface area (Å²) in [5.74, 6) is 0.138. The number of carbonyl (C=O) groups is 4. The van der Waals surface area contributed by atoms with E-state index in [2.05, 4.69) is 32.6 Å². The molecule has 0 amide bonds. The van der Waals surface area contributed by atoms with Gasteiger partial charge in [-0.25, -0.2) is 0 Å². The van der Waals surface area contributed by atoms with Crippen molar-refractivity contribution in [1.82, 2.24) is 9.80 Å². The van der Waals surface area contributed by atoms with Crippen molar-refractivity contribution in [2.24, 2.45) is 16.7 Å². The number of ether oxygens (including phenoxy) is 4. The van der Waals surface area contributed by atoms with Gasteiger partial charge in [0.25, 0.3) is 0 Å². The van der Waals surface area contributed by atoms with Crippen LogP contribution in [0.25, 0.3) is 0 Å². The van der Waals surface area contributed by atoms with Gasteiger partial charge in [-0.3, -0.25) is 24.1 Å². The summed E-state index contributed by atoms with van der Waals surface area (Å²) >= 11 is 0. The molecule has 0 aliphatic carbocycles. The van der Waals surface area contributed by atoms with E-state index < -0.39 is 16.9 Å². The molecular formula is C61H116N2O8. The molecule has 0 spiro atoms. The van der Waals surface area contributed by atoms with Crippen molar-refractivity contribution in [2.45, 2.75) is 305 Å². The molecule has 0 N–H and O–H groups in total. The van der Waals surface area contributed by atoms with Crippen LogP contribution < -0.4 is 0 Å². The van der Waals surface area contributed by atoms with Gasteiger partial charge in [-0.2, -0.15) is 0 Å². The van der Waals surface area contributed by atoms with Crippen LogP contribution in [0.1, 0.15) is 287 Å². The summed E-state index contributed by atoms with van der Waals surface area (Å²) < 4.78 is 23.8. The fourth-order valence-corrected chi connectivity index (χ4v) is 10.1. The predicted molar refractivity (Wildman–Crippen MR) is 296 cm³/mol. The Bertz CT molecular complexity index is 1310. The van der Waals surface area contributed by atoms with Crippen LogP contribution in [0.5, 0.6) is 0 Å². The highest BCUT2D eigenvalue weighted by Gasteiger charge is 2.39. The number of rotatable bonds is 48. The molecule has 0 aromatic rings. The van der Waals surface area contributed by atoms with Gasteiger partial charge < -0.3 is 23.8 Å². The summed E-state index contributed by atoms with van der Waals surface area (Å²) in [6.07, 6.45) is 38.8. The lowest BCUT2D eigenvalue weighted by Crippen LogP contribution is -2.38. The van der Waals surface area contributed by atoms with Crippen LogP contribution in [0.3, 0.4) is 0 Å². The van der Waals surface area contributed by atoms with Crippen molar-refractivity contribution in [3.63, 3.8) is 0 Å². The molecule has 1 heterocycles. The molecule has 0 saturated carbocycles. The van der Waals surface area contributed by atoms with E-state index in [9.17, 15) is 19.2 Å². The van der Waals surface area contributed by atoms with E-state index in [1.54, 1.807) is 0 Å². The third-order valence-corrected chi connectivity index (χ3v) is 15.2. The first kappa shape index (κ1) is 66.8. The molecule has 1 fully saturated rings. The van der Waals surface area contributed by atoms with Gasteiger partial charge in [-0.05, 0) is 118 Å². The van der Waals surface area contributed by atoms with Gasteiger partial charge in [-0.15, -0.1) is 0 Å². The minimum absolute atomic E-state index is 0.0225. The third kappa shape index (κ3) is 34.1. The Balaban J connectivity index is 2.58. The summed E-state index contributed by atoms with van der Waals surface area (Å²) in [7, 11) is 3.88. The summed E-state index contributed by atoms with van der Waals surface area (Å²) in [5, 5.41) is 0. The Kier molecular flexibility index (Phi) is 39.6. The van der Waals surface area contributed by atoms with E-state index in [4.69, 9.17) is 18.9 Å². The summed E-state index contributed by atoms with van der Waals surface area (Å²) in [4.78, 5) is 57.0. The molecule has 418 valence electrons. The molecule has 0 unspecified atom stereocenters. The van der Waals surface area contributed by atoms with Crippen molar-refractivity contribution >= 4 is 23.9 Å². The fourth-order valence-electron chi connectivity index (χ4n) is 10.1. The first-order valence-corrected chi connectivity index (χ1v) is 30.2. The fraction of sp³-hybridized carbons (Fsp3) is 0.934. The van der Waals surface area contributed by atoms with Gasteiger partial charge in [0.2, 0.25) is 0 Å². The second kappa shape index (κ2) is 42.1. The molecule has 0 aromatic carbocycles. The summed E-state index contributed by atoms with van der Waals surface area (Å²) in [6.45, 7) is 19.9. The number of esters is 4. The maximum Gasteiger partial charge on any atom is 0.323 e. The van der Waals surface area contributed by atoms with Crippen LogP contribution in [-0.2, 0) is 38.1 Å². The van der Waals surface area contributed by atoms with Crippen molar-refractivity contribution < 1.29 is 38.1 Å². The zero-order chi connectivity index (χ0) is 52.6. The average Bonchev–Trinajstić information content (AvgIpc) is 3.74. The smallest absolute Gasteiger partial charge is 0.323 e. The predicted octanol–water partition coefficient (Wildman–Crippen LogP) is 15.9. The largest absolute Gasteiger partial charge is 0.465 e. The second-order valence-electron chi connectivity index (χ2n) is 23.5. The SMILES string of the molecule is CCCCCCCCC(CCCCCCCC)OC(=O)C(C)(C)CCCCCCOC(=O)[C@@H]1C[C@@H](OC(=O)CCN(C)C)CN1CCCCCCC(C)(C)C(=O)OCCCC(CCCCC)CCCCC. The first-order chi connectivity index (χ1) is 34.1.